The van der Waals surface area contributed by atoms with Gasteiger partial charge in [0.1, 0.15) is 12.4 Å². The average Bonchev–Trinajstić information content (AvgIpc) is 3.16. The largest absolute Gasteiger partial charge is 0.491 e. The van der Waals surface area contributed by atoms with Crippen LogP contribution in [0, 0.1) is 0 Å². The highest BCUT2D eigenvalue weighted by molar-refractivity contribution is 5.36. The van der Waals surface area contributed by atoms with Crippen molar-refractivity contribution in [2.75, 3.05) is 19.8 Å². The van der Waals surface area contributed by atoms with Gasteiger partial charge in [-0.2, -0.15) is 0 Å². The Kier molecular flexibility index (Phi) is 4.95. The van der Waals surface area contributed by atoms with Crippen LogP contribution in [0.15, 0.2) is 55.1 Å². The second-order valence-electron chi connectivity index (χ2n) is 6.35. The van der Waals surface area contributed by atoms with E-state index in [4.69, 9.17) is 9.84 Å². The number of imidazole rings is 1. The fraction of sp³-hybridized carbons (Fsp3) is 0.300. The molecule has 0 bridgehead atoms. The molecule has 3 heterocycles. The summed E-state index contributed by atoms with van der Waals surface area (Å²) in [4.78, 5) is 14.4. The fourth-order valence-electron chi connectivity index (χ4n) is 3.56. The van der Waals surface area contributed by atoms with Crippen molar-refractivity contribution in [1.82, 2.24) is 19.9 Å². The van der Waals surface area contributed by atoms with E-state index in [0.29, 0.717) is 6.61 Å². The van der Waals surface area contributed by atoms with Crippen molar-refractivity contribution in [1.29, 1.82) is 0 Å². The first-order valence-corrected chi connectivity index (χ1v) is 8.84. The molecular formula is C20H22N4O2. The Morgan fingerprint density at radius 1 is 1.19 bits per heavy atom. The zero-order valence-electron chi connectivity index (χ0n) is 14.5. The van der Waals surface area contributed by atoms with E-state index in [-0.39, 0.29) is 12.6 Å². The molecule has 1 aromatic carbocycles. The van der Waals surface area contributed by atoms with Crippen molar-refractivity contribution < 1.29 is 9.84 Å². The summed E-state index contributed by atoms with van der Waals surface area (Å²) >= 11 is 0. The van der Waals surface area contributed by atoms with E-state index in [1.165, 1.54) is 11.3 Å². The molecule has 6 nitrogen and oxygen atoms in total. The Morgan fingerprint density at radius 3 is 2.88 bits per heavy atom. The summed E-state index contributed by atoms with van der Waals surface area (Å²) < 4.78 is 5.71. The summed E-state index contributed by atoms with van der Waals surface area (Å²) in [7, 11) is 0. The minimum Gasteiger partial charge on any atom is -0.491 e. The molecule has 0 spiro atoms. The van der Waals surface area contributed by atoms with Crippen molar-refractivity contribution in [3.05, 3.63) is 77.6 Å². The molecule has 134 valence electrons. The number of aliphatic hydroxyl groups excluding tert-OH is 1. The monoisotopic (exact) mass is 350 g/mol. The van der Waals surface area contributed by atoms with Crippen LogP contribution in [-0.2, 0) is 13.0 Å². The standard InChI is InChI=1S/C20H22N4O2/c25-11-12-26-18-4-2-1-3-16(18)13-24-10-7-17-19(23-14-22-17)20(24)15-5-8-21-9-6-15/h1-6,8-9,14,20,25H,7,10-13H2,(H,22,23)/t20-/m1/s1. The first kappa shape index (κ1) is 16.8. The first-order chi connectivity index (χ1) is 12.9. The van der Waals surface area contributed by atoms with Crippen LogP contribution in [0.25, 0.3) is 0 Å². The molecule has 0 saturated carbocycles. The molecule has 1 aliphatic rings. The Morgan fingerprint density at radius 2 is 2.04 bits per heavy atom. The molecule has 0 amide bonds. The fourth-order valence-corrected chi connectivity index (χ4v) is 3.56. The van der Waals surface area contributed by atoms with Crippen LogP contribution < -0.4 is 4.74 Å². The average molecular weight is 350 g/mol. The van der Waals surface area contributed by atoms with Crippen molar-refractivity contribution >= 4 is 0 Å². The Hall–Kier alpha value is -2.70. The Bertz CT molecular complexity index is 850. The molecule has 0 saturated heterocycles. The van der Waals surface area contributed by atoms with E-state index < -0.39 is 0 Å². The molecule has 1 atom stereocenters. The third kappa shape index (κ3) is 3.34. The molecule has 1 aliphatic heterocycles. The number of pyridine rings is 1. The normalized spacial score (nSPS) is 17.0. The summed E-state index contributed by atoms with van der Waals surface area (Å²) in [6.45, 7) is 1.99. The van der Waals surface area contributed by atoms with Crippen LogP contribution >= 0.6 is 0 Å². The Labute approximate surface area is 152 Å². The van der Waals surface area contributed by atoms with Crippen molar-refractivity contribution in [2.24, 2.45) is 0 Å². The van der Waals surface area contributed by atoms with Gasteiger partial charge in [-0.3, -0.25) is 9.88 Å². The van der Waals surface area contributed by atoms with Gasteiger partial charge in [0.05, 0.1) is 24.7 Å². The highest BCUT2D eigenvalue weighted by Gasteiger charge is 2.31. The van der Waals surface area contributed by atoms with Gasteiger partial charge in [-0.1, -0.05) is 18.2 Å². The molecule has 0 radical (unpaired) electrons. The molecule has 3 aromatic rings. The van der Waals surface area contributed by atoms with Gasteiger partial charge in [0.25, 0.3) is 0 Å². The quantitative estimate of drug-likeness (QED) is 0.714. The van der Waals surface area contributed by atoms with E-state index in [1.807, 2.05) is 30.6 Å². The minimum absolute atomic E-state index is 0.00825. The summed E-state index contributed by atoms with van der Waals surface area (Å²) in [5.41, 5.74) is 4.57. The number of fused-ring (bicyclic) bond motifs is 1. The van der Waals surface area contributed by atoms with Crippen LogP contribution in [0.1, 0.15) is 28.6 Å². The van der Waals surface area contributed by atoms with E-state index in [9.17, 15) is 0 Å². The second-order valence-corrected chi connectivity index (χ2v) is 6.35. The Balaban J connectivity index is 1.66. The summed E-state index contributed by atoms with van der Waals surface area (Å²) in [6.07, 6.45) is 6.37. The van der Waals surface area contributed by atoms with Crippen molar-refractivity contribution in [3.8, 4) is 5.75 Å². The number of nitrogens with zero attached hydrogens (tertiary/aromatic N) is 3. The highest BCUT2D eigenvalue weighted by Crippen LogP contribution is 2.35. The number of aromatic nitrogens is 3. The van der Waals surface area contributed by atoms with Gasteiger partial charge >= 0.3 is 0 Å². The molecule has 2 aromatic heterocycles. The maximum Gasteiger partial charge on any atom is 0.123 e. The summed E-state index contributed by atoms with van der Waals surface area (Å²) in [5, 5.41) is 9.06. The van der Waals surface area contributed by atoms with Crippen LogP contribution in [0.5, 0.6) is 5.75 Å². The van der Waals surface area contributed by atoms with Crippen molar-refractivity contribution in [2.45, 2.75) is 19.0 Å². The predicted molar refractivity (Wildman–Crippen MR) is 97.8 cm³/mol. The van der Waals surface area contributed by atoms with Crippen LogP contribution in [0.2, 0.25) is 0 Å². The SMILES string of the molecule is OCCOc1ccccc1CN1CCc2[nH]cnc2[C@H]1c1ccncc1. The summed E-state index contributed by atoms with van der Waals surface area (Å²) in [6, 6.07) is 12.2. The smallest absolute Gasteiger partial charge is 0.123 e. The van der Waals surface area contributed by atoms with Crippen LogP contribution in [0.4, 0.5) is 0 Å². The van der Waals surface area contributed by atoms with Crippen LogP contribution in [-0.4, -0.2) is 44.7 Å². The second kappa shape index (κ2) is 7.68. The maximum atomic E-state index is 9.06. The molecule has 26 heavy (non-hydrogen) atoms. The number of rotatable bonds is 6. The number of para-hydroxylation sites is 1. The minimum atomic E-state index is 0.00825. The molecule has 6 heteroatoms. The topological polar surface area (TPSA) is 74.3 Å². The van der Waals surface area contributed by atoms with Crippen molar-refractivity contribution in [3.63, 3.8) is 0 Å². The lowest BCUT2D eigenvalue weighted by atomic mass is 9.95. The number of benzene rings is 1. The molecular weight excluding hydrogens is 328 g/mol. The number of nitrogens with one attached hydrogen (secondary N) is 1. The number of aromatic amines is 1. The van der Waals surface area contributed by atoms with Gasteiger partial charge in [0, 0.05) is 43.2 Å². The number of hydrogen-bond donors (Lipinski definition) is 2. The van der Waals surface area contributed by atoms with Gasteiger partial charge in [0.15, 0.2) is 0 Å². The van der Waals surface area contributed by atoms with Gasteiger partial charge in [-0.15, -0.1) is 0 Å². The molecule has 4 rings (SSSR count). The molecule has 0 unspecified atom stereocenters. The number of aliphatic hydroxyl groups is 1. The lowest BCUT2D eigenvalue weighted by molar-refractivity contribution is 0.184. The maximum absolute atomic E-state index is 9.06. The predicted octanol–water partition coefficient (Wildman–Crippen LogP) is 2.32. The van der Waals surface area contributed by atoms with Gasteiger partial charge in [-0.05, 0) is 23.8 Å². The first-order valence-electron chi connectivity index (χ1n) is 8.84. The molecule has 2 N–H and O–H groups in total. The summed E-state index contributed by atoms with van der Waals surface area (Å²) in [5.74, 6) is 0.822. The number of hydrogen-bond acceptors (Lipinski definition) is 5. The lowest BCUT2D eigenvalue weighted by Gasteiger charge is -2.35. The highest BCUT2D eigenvalue weighted by atomic mass is 16.5. The molecule has 0 fully saturated rings. The van der Waals surface area contributed by atoms with E-state index >= 15 is 0 Å². The van der Waals surface area contributed by atoms with Gasteiger partial charge < -0.3 is 14.8 Å². The third-order valence-electron chi connectivity index (χ3n) is 4.74. The van der Waals surface area contributed by atoms with E-state index in [1.54, 1.807) is 6.33 Å². The zero-order chi connectivity index (χ0) is 17.8. The zero-order valence-corrected chi connectivity index (χ0v) is 14.5. The van der Waals surface area contributed by atoms with E-state index in [0.717, 1.165) is 36.5 Å². The molecule has 0 aliphatic carbocycles. The van der Waals surface area contributed by atoms with E-state index in [2.05, 4.69) is 38.1 Å². The number of H-pyrrole nitrogens is 1. The lowest BCUT2D eigenvalue weighted by Crippen LogP contribution is -2.36. The third-order valence-corrected chi connectivity index (χ3v) is 4.74. The van der Waals surface area contributed by atoms with Crippen LogP contribution in [0.3, 0.4) is 0 Å². The van der Waals surface area contributed by atoms with Gasteiger partial charge in [-0.25, -0.2) is 4.98 Å². The van der Waals surface area contributed by atoms with Gasteiger partial charge in [0.2, 0.25) is 0 Å². The number of ether oxygens (including phenoxy) is 1.